The molecule has 1 saturated heterocycles. The second-order valence-corrected chi connectivity index (χ2v) is 8.89. The molecule has 0 aromatic heterocycles. The van der Waals surface area contributed by atoms with Gasteiger partial charge in [-0.15, -0.1) is 0 Å². The fourth-order valence-corrected chi connectivity index (χ4v) is 4.63. The summed E-state index contributed by atoms with van der Waals surface area (Å²) < 4.78 is 23.3. The van der Waals surface area contributed by atoms with Crippen molar-refractivity contribution in [2.75, 3.05) is 38.2 Å². The van der Waals surface area contributed by atoms with E-state index >= 15 is 0 Å². The third-order valence-electron chi connectivity index (χ3n) is 4.20. The number of nitrogens with one attached hydrogen (secondary N) is 1. The first-order valence-corrected chi connectivity index (χ1v) is 10.1. The molecule has 1 saturated carbocycles. The lowest BCUT2D eigenvalue weighted by molar-refractivity contribution is -0.134. The van der Waals surface area contributed by atoms with Gasteiger partial charge < -0.3 is 10.2 Å². The lowest BCUT2D eigenvalue weighted by atomic mass is 10.2. The zero-order valence-electron chi connectivity index (χ0n) is 14.0. The number of hydrogen-bond acceptors (Lipinski definition) is 5. The zero-order valence-corrected chi connectivity index (χ0v) is 14.8. The highest BCUT2D eigenvalue weighted by Crippen LogP contribution is 2.19. The summed E-state index contributed by atoms with van der Waals surface area (Å²) in [5, 5.41) is 2.89. The van der Waals surface area contributed by atoms with Crippen LogP contribution in [-0.4, -0.2) is 80.3 Å². The Kier molecular flexibility index (Phi) is 6.02. The van der Waals surface area contributed by atoms with Crippen molar-refractivity contribution in [1.82, 2.24) is 15.1 Å². The van der Waals surface area contributed by atoms with Gasteiger partial charge in [0.05, 0.1) is 24.6 Å². The van der Waals surface area contributed by atoms with Crippen LogP contribution in [0.3, 0.4) is 0 Å². The van der Waals surface area contributed by atoms with Crippen molar-refractivity contribution in [3.05, 3.63) is 0 Å². The van der Waals surface area contributed by atoms with Crippen molar-refractivity contribution in [3.63, 3.8) is 0 Å². The number of carbonyl (C=O) groups is 2. The Morgan fingerprint density at radius 2 is 1.87 bits per heavy atom. The van der Waals surface area contributed by atoms with Gasteiger partial charge in [-0.3, -0.25) is 14.5 Å². The highest BCUT2D eigenvalue weighted by molar-refractivity contribution is 7.91. The van der Waals surface area contributed by atoms with Crippen LogP contribution < -0.4 is 5.32 Å². The lowest BCUT2D eigenvalue weighted by Gasteiger charge is -2.29. The van der Waals surface area contributed by atoms with Crippen LogP contribution in [0.1, 0.15) is 32.6 Å². The summed E-state index contributed by atoms with van der Waals surface area (Å²) in [7, 11) is -1.28. The van der Waals surface area contributed by atoms with Gasteiger partial charge in [0, 0.05) is 18.6 Å². The van der Waals surface area contributed by atoms with Gasteiger partial charge >= 0.3 is 0 Å². The Hall–Kier alpha value is -1.15. The van der Waals surface area contributed by atoms with Crippen molar-refractivity contribution in [1.29, 1.82) is 0 Å². The number of likely N-dealkylation sites (N-methyl/N-ethyl adjacent to an activating group) is 1. The molecule has 2 rings (SSSR count). The van der Waals surface area contributed by atoms with Gasteiger partial charge in [0.2, 0.25) is 11.8 Å². The van der Waals surface area contributed by atoms with E-state index in [-0.39, 0.29) is 42.5 Å². The maximum absolute atomic E-state index is 12.5. The summed E-state index contributed by atoms with van der Waals surface area (Å²) in [6, 6.07) is 0.0908. The Labute approximate surface area is 138 Å². The van der Waals surface area contributed by atoms with Gasteiger partial charge in [-0.25, -0.2) is 8.42 Å². The topological polar surface area (TPSA) is 86.8 Å². The van der Waals surface area contributed by atoms with Crippen molar-refractivity contribution < 1.29 is 18.0 Å². The normalized spacial score (nSPS) is 23.0. The summed E-state index contributed by atoms with van der Waals surface area (Å²) in [5.74, 6) is 0.0547. The summed E-state index contributed by atoms with van der Waals surface area (Å²) in [5.41, 5.74) is 0. The molecule has 1 aliphatic carbocycles. The van der Waals surface area contributed by atoms with Gasteiger partial charge in [-0.1, -0.05) is 6.92 Å². The smallest absolute Gasteiger partial charge is 0.237 e. The minimum atomic E-state index is -3.02. The molecule has 7 nitrogen and oxygen atoms in total. The van der Waals surface area contributed by atoms with Crippen molar-refractivity contribution in [2.24, 2.45) is 0 Å². The molecule has 23 heavy (non-hydrogen) atoms. The third kappa shape index (κ3) is 5.76. The van der Waals surface area contributed by atoms with Crippen LogP contribution >= 0.6 is 0 Å². The Morgan fingerprint density at radius 3 is 2.39 bits per heavy atom. The molecular formula is C15H27N3O4S. The summed E-state index contributed by atoms with van der Waals surface area (Å²) in [6.45, 7) is 2.84. The van der Waals surface area contributed by atoms with E-state index in [1.807, 2.05) is 6.92 Å². The molecule has 1 atom stereocenters. The van der Waals surface area contributed by atoms with Gasteiger partial charge in [0.25, 0.3) is 0 Å². The average molecular weight is 345 g/mol. The molecule has 1 unspecified atom stereocenters. The fraction of sp³-hybridized carbons (Fsp3) is 0.867. The highest BCUT2D eigenvalue weighted by Gasteiger charge is 2.34. The van der Waals surface area contributed by atoms with Crippen molar-refractivity contribution >= 4 is 21.7 Å². The molecule has 0 aromatic rings. The van der Waals surface area contributed by atoms with E-state index in [4.69, 9.17) is 0 Å². The number of rotatable bonds is 8. The highest BCUT2D eigenvalue weighted by atomic mass is 32.2. The Balaban J connectivity index is 1.85. The maximum Gasteiger partial charge on any atom is 0.237 e. The van der Waals surface area contributed by atoms with Crippen LogP contribution in [0, 0.1) is 0 Å². The number of amides is 2. The third-order valence-corrected chi connectivity index (χ3v) is 5.95. The number of carbonyl (C=O) groups excluding carboxylic acids is 2. The van der Waals surface area contributed by atoms with Crippen molar-refractivity contribution in [2.45, 2.75) is 44.7 Å². The Bertz CT molecular complexity index is 545. The first-order valence-electron chi connectivity index (χ1n) is 8.28. The van der Waals surface area contributed by atoms with Crippen LogP contribution in [0.4, 0.5) is 0 Å². The first kappa shape index (κ1) is 18.2. The second-order valence-electron chi connectivity index (χ2n) is 6.66. The quantitative estimate of drug-likeness (QED) is 0.648. The molecule has 1 heterocycles. The maximum atomic E-state index is 12.5. The molecule has 132 valence electrons. The minimum absolute atomic E-state index is 0.0601. The molecule has 0 bridgehead atoms. The first-order chi connectivity index (χ1) is 10.8. The summed E-state index contributed by atoms with van der Waals surface area (Å²) in [4.78, 5) is 27.6. The number of nitrogens with zero attached hydrogens (tertiary/aromatic N) is 2. The van der Waals surface area contributed by atoms with E-state index in [9.17, 15) is 18.0 Å². The molecule has 8 heteroatoms. The number of hydrogen-bond donors (Lipinski definition) is 1. The minimum Gasteiger partial charge on any atom is -0.352 e. The molecular weight excluding hydrogens is 318 g/mol. The predicted molar refractivity (Wildman–Crippen MR) is 87.7 cm³/mol. The Morgan fingerprint density at radius 1 is 1.17 bits per heavy atom. The van der Waals surface area contributed by atoms with Crippen LogP contribution in [0.25, 0.3) is 0 Å². The van der Waals surface area contributed by atoms with Crippen LogP contribution in [-0.2, 0) is 19.4 Å². The van der Waals surface area contributed by atoms with Gasteiger partial charge in [-0.05, 0) is 32.7 Å². The van der Waals surface area contributed by atoms with E-state index in [0.29, 0.717) is 19.0 Å². The predicted octanol–water partition coefficient (Wildman–Crippen LogP) is -0.377. The van der Waals surface area contributed by atoms with E-state index < -0.39 is 9.84 Å². The molecule has 2 fully saturated rings. The van der Waals surface area contributed by atoms with Gasteiger partial charge in [0.15, 0.2) is 9.84 Å². The van der Waals surface area contributed by atoms with E-state index in [1.54, 1.807) is 16.8 Å². The second kappa shape index (κ2) is 7.61. The van der Waals surface area contributed by atoms with E-state index in [1.165, 1.54) is 0 Å². The molecule has 0 radical (unpaired) electrons. The van der Waals surface area contributed by atoms with Crippen LogP contribution in [0.5, 0.6) is 0 Å². The monoisotopic (exact) mass is 345 g/mol. The molecule has 0 spiro atoms. The number of sulfone groups is 1. The SMILES string of the molecule is CCCN(C(=O)CN(C)CC(=O)NC1CC1)C1CCS(=O)(=O)C1. The van der Waals surface area contributed by atoms with Crippen LogP contribution in [0.15, 0.2) is 0 Å². The molecule has 2 amide bonds. The lowest BCUT2D eigenvalue weighted by Crippen LogP contribution is -2.47. The molecule has 0 aromatic carbocycles. The summed E-state index contributed by atoms with van der Waals surface area (Å²) in [6.07, 6.45) is 3.37. The standard InChI is InChI=1S/C15H27N3O4S/c1-3-7-18(13-6-8-23(21,22)11-13)15(20)10-17(2)9-14(19)16-12-4-5-12/h12-13H,3-11H2,1-2H3,(H,16,19). The van der Waals surface area contributed by atoms with E-state index in [0.717, 1.165) is 19.3 Å². The largest absolute Gasteiger partial charge is 0.352 e. The zero-order chi connectivity index (χ0) is 17.0. The van der Waals surface area contributed by atoms with Crippen molar-refractivity contribution in [3.8, 4) is 0 Å². The van der Waals surface area contributed by atoms with Crippen LogP contribution in [0.2, 0.25) is 0 Å². The molecule has 1 aliphatic heterocycles. The molecule has 1 N–H and O–H groups in total. The average Bonchev–Trinajstić information content (AvgIpc) is 3.17. The summed E-state index contributed by atoms with van der Waals surface area (Å²) >= 11 is 0. The molecule has 2 aliphatic rings. The van der Waals surface area contributed by atoms with Gasteiger partial charge in [0.1, 0.15) is 0 Å². The fourth-order valence-electron chi connectivity index (χ4n) is 2.90. The van der Waals surface area contributed by atoms with E-state index in [2.05, 4.69) is 5.32 Å². The van der Waals surface area contributed by atoms with Gasteiger partial charge in [-0.2, -0.15) is 0 Å².